The second-order valence-corrected chi connectivity index (χ2v) is 7.21. The normalized spacial score (nSPS) is 32.2. The summed E-state index contributed by atoms with van der Waals surface area (Å²) < 4.78 is 28.3. The monoisotopic (exact) mass is 276 g/mol. The van der Waals surface area contributed by atoms with E-state index in [1.807, 2.05) is 6.92 Å². The minimum absolute atomic E-state index is 0.0143. The Morgan fingerprint density at radius 1 is 1.50 bits per heavy atom. The highest BCUT2D eigenvalue weighted by Crippen LogP contribution is 2.12. The van der Waals surface area contributed by atoms with Gasteiger partial charge in [0, 0.05) is 25.6 Å². The molecule has 0 bridgehead atoms. The van der Waals surface area contributed by atoms with E-state index in [2.05, 4.69) is 5.32 Å². The fraction of sp³-hybridized carbons (Fsp3) is 0.909. The highest BCUT2D eigenvalue weighted by Gasteiger charge is 2.30. The molecule has 2 fully saturated rings. The van der Waals surface area contributed by atoms with Gasteiger partial charge >= 0.3 is 0 Å². The number of nitrogens with zero attached hydrogens (tertiary/aromatic N) is 1. The van der Waals surface area contributed by atoms with E-state index in [4.69, 9.17) is 4.74 Å². The maximum Gasteiger partial charge on any atom is 0.224 e. The minimum atomic E-state index is -2.98. The van der Waals surface area contributed by atoms with Crippen LogP contribution in [-0.4, -0.2) is 69.1 Å². The summed E-state index contributed by atoms with van der Waals surface area (Å²) in [6, 6.07) is -0.169. The summed E-state index contributed by atoms with van der Waals surface area (Å²) in [7, 11) is -2.98. The van der Waals surface area contributed by atoms with Crippen LogP contribution in [0.25, 0.3) is 0 Å². The molecule has 0 aromatic rings. The average molecular weight is 276 g/mol. The Hall–Kier alpha value is -0.660. The standard InChI is InChI=1S/C11H20N2O4S/c1-9-7-17-4-3-13(9)11(14)6-10-8-18(15,16)5-2-12-10/h9-10,12H,2-8H2,1H3. The molecule has 6 nitrogen and oxygen atoms in total. The molecule has 0 aliphatic carbocycles. The number of rotatable bonds is 2. The lowest BCUT2D eigenvalue weighted by Gasteiger charge is -2.34. The molecule has 2 heterocycles. The van der Waals surface area contributed by atoms with Gasteiger partial charge in [0.25, 0.3) is 0 Å². The van der Waals surface area contributed by atoms with E-state index < -0.39 is 9.84 Å². The first kappa shape index (κ1) is 13.8. The van der Waals surface area contributed by atoms with Crippen LogP contribution in [0, 0.1) is 0 Å². The van der Waals surface area contributed by atoms with Gasteiger partial charge < -0.3 is 15.0 Å². The zero-order valence-electron chi connectivity index (χ0n) is 10.6. The summed E-state index contributed by atoms with van der Waals surface area (Å²) in [5.74, 6) is 0.253. The fourth-order valence-electron chi connectivity index (χ4n) is 2.42. The third kappa shape index (κ3) is 3.43. The Morgan fingerprint density at radius 2 is 2.28 bits per heavy atom. The molecule has 1 amide bonds. The third-order valence-corrected chi connectivity index (χ3v) is 5.15. The van der Waals surface area contributed by atoms with Crippen LogP contribution in [0.1, 0.15) is 13.3 Å². The van der Waals surface area contributed by atoms with Crippen molar-refractivity contribution in [3.05, 3.63) is 0 Å². The predicted molar refractivity (Wildman–Crippen MR) is 67.1 cm³/mol. The van der Waals surface area contributed by atoms with Crippen molar-refractivity contribution in [1.29, 1.82) is 0 Å². The zero-order chi connectivity index (χ0) is 13.2. The second-order valence-electron chi connectivity index (χ2n) is 4.98. The molecule has 2 unspecified atom stereocenters. The molecule has 0 saturated carbocycles. The van der Waals surface area contributed by atoms with Gasteiger partial charge in [0.1, 0.15) is 0 Å². The van der Waals surface area contributed by atoms with E-state index in [1.54, 1.807) is 4.90 Å². The molecule has 2 atom stereocenters. The molecule has 2 rings (SSSR count). The highest BCUT2D eigenvalue weighted by atomic mass is 32.2. The van der Waals surface area contributed by atoms with E-state index in [0.29, 0.717) is 26.3 Å². The second kappa shape index (κ2) is 5.54. The largest absolute Gasteiger partial charge is 0.377 e. The van der Waals surface area contributed by atoms with Crippen molar-refractivity contribution in [2.45, 2.75) is 25.4 Å². The number of nitrogens with one attached hydrogen (secondary N) is 1. The summed E-state index contributed by atoms with van der Waals surface area (Å²) in [5, 5.41) is 3.10. The summed E-state index contributed by atoms with van der Waals surface area (Å²) >= 11 is 0. The number of carbonyl (C=O) groups excluding carboxylic acids is 1. The van der Waals surface area contributed by atoms with Crippen molar-refractivity contribution in [2.75, 3.05) is 37.8 Å². The van der Waals surface area contributed by atoms with Crippen LogP contribution < -0.4 is 5.32 Å². The molecule has 7 heteroatoms. The first-order valence-corrected chi connectivity index (χ1v) is 8.11. The number of ether oxygens (including phenoxy) is 1. The van der Waals surface area contributed by atoms with Gasteiger partial charge in [-0.05, 0) is 6.92 Å². The van der Waals surface area contributed by atoms with E-state index in [1.165, 1.54) is 0 Å². The Bertz CT molecular complexity index is 409. The number of sulfone groups is 1. The van der Waals surface area contributed by atoms with Crippen LogP contribution >= 0.6 is 0 Å². The molecule has 1 N–H and O–H groups in total. The summed E-state index contributed by atoms with van der Waals surface area (Å²) in [5.41, 5.74) is 0. The number of hydrogen-bond acceptors (Lipinski definition) is 5. The van der Waals surface area contributed by atoms with Crippen molar-refractivity contribution in [1.82, 2.24) is 10.2 Å². The third-order valence-electron chi connectivity index (χ3n) is 3.41. The van der Waals surface area contributed by atoms with Gasteiger partial charge in [-0.1, -0.05) is 0 Å². The van der Waals surface area contributed by atoms with Crippen molar-refractivity contribution in [2.24, 2.45) is 0 Å². The number of morpholine rings is 1. The van der Waals surface area contributed by atoms with Crippen LogP contribution in [0.2, 0.25) is 0 Å². The van der Waals surface area contributed by atoms with Gasteiger partial charge in [0.2, 0.25) is 5.91 Å². The zero-order valence-corrected chi connectivity index (χ0v) is 11.4. The van der Waals surface area contributed by atoms with Crippen LogP contribution in [0.15, 0.2) is 0 Å². The Labute approximate surface area is 108 Å². The van der Waals surface area contributed by atoms with Gasteiger partial charge in [-0.25, -0.2) is 8.42 Å². The minimum Gasteiger partial charge on any atom is -0.377 e. The predicted octanol–water partition coefficient (Wildman–Crippen LogP) is -0.990. The number of amides is 1. The topological polar surface area (TPSA) is 75.7 Å². The maximum atomic E-state index is 12.1. The molecule has 104 valence electrons. The van der Waals surface area contributed by atoms with Gasteiger partial charge in [-0.2, -0.15) is 0 Å². The van der Waals surface area contributed by atoms with Crippen molar-refractivity contribution >= 4 is 15.7 Å². The Morgan fingerprint density at radius 3 is 2.94 bits per heavy atom. The van der Waals surface area contributed by atoms with Crippen LogP contribution in [0.5, 0.6) is 0 Å². The summed E-state index contributed by atoms with van der Waals surface area (Å²) in [6.45, 7) is 4.11. The number of carbonyl (C=O) groups is 1. The summed E-state index contributed by atoms with van der Waals surface area (Å²) in [6.07, 6.45) is 0.254. The van der Waals surface area contributed by atoms with E-state index >= 15 is 0 Å². The summed E-state index contributed by atoms with van der Waals surface area (Å²) in [4.78, 5) is 13.9. The van der Waals surface area contributed by atoms with Gasteiger partial charge in [-0.15, -0.1) is 0 Å². The van der Waals surface area contributed by atoms with Crippen molar-refractivity contribution < 1.29 is 17.9 Å². The molecule has 18 heavy (non-hydrogen) atoms. The molecule has 2 aliphatic rings. The first-order valence-electron chi connectivity index (χ1n) is 6.29. The van der Waals surface area contributed by atoms with Gasteiger partial charge in [0.05, 0.1) is 30.8 Å². The average Bonchev–Trinajstić information content (AvgIpc) is 2.28. The molecule has 0 spiro atoms. The van der Waals surface area contributed by atoms with Gasteiger partial charge in [-0.3, -0.25) is 4.79 Å². The van der Waals surface area contributed by atoms with Crippen molar-refractivity contribution in [3.63, 3.8) is 0 Å². The first-order chi connectivity index (χ1) is 8.48. The SMILES string of the molecule is CC1COCCN1C(=O)CC1CS(=O)(=O)CCN1. The lowest BCUT2D eigenvalue weighted by molar-refractivity contribution is -0.139. The number of hydrogen-bond donors (Lipinski definition) is 1. The molecule has 0 aromatic heterocycles. The van der Waals surface area contributed by atoms with E-state index in [-0.39, 0.29) is 35.9 Å². The smallest absolute Gasteiger partial charge is 0.224 e. The van der Waals surface area contributed by atoms with Crippen LogP contribution in [-0.2, 0) is 19.4 Å². The molecule has 2 aliphatic heterocycles. The Balaban J connectivity index is 1.90. The molecule has 2 saturated heterocycles. The fourth-order valence-corrected chi connectivity index (χ4v) is 3.87. The lowest BCUT2D eigenvalue weighted by atomic mass is 10.1. The van der Waals surface area contributed by atoms with E-state index in [0.717, 1.165) is 0 Å². The van der Waals surface area contributed by atoms with Gasteiger partial charge in [0.15, 0.2) is 9.84 Å². The molecular weight excluding hydrogens is 256 g/mol. The quantitative estimate of drug-likeness (QED) is 0.701. The maximum absolute atomic E-state index is 12.1. The van der Waals surface area contributed by atoms with Crippen LogP contribution in [0.3, 0.4) is 0 Å². The lowest BCUT2D eigenvalue weighted by Crippen LogP contribution is -2.51. The molecular formula is C11H20N2O4S. The van der Waals surface area contributed by atoms with Crippen molar-refractivity contribution in [3.8, 4) is 0 Å². The Kier molecular flexibility index (Phi) is 4.24. The molecule has 0 radical (unpaired) electrons. The molecule has 0 aromatic carbocycles. The highest BCUT2D eigenvalue weighted by molar-refractivity contribution is 7.91. The van der Waals surface area contributed by atoms with E-state index in [9.17, 15) is 13.2 Å². The van der Waals surface area contributed by atoms with Crippen LogP contribution in [0.4, 0.5) is 0 Å².